The molecule has 3 atom stereocenters. The number of benzene rings is 1. The summed E-state index contributed by atoms with van der Waals surface area (Å²) in [5, 5.41) is 10.0. The second kappa shape index (κ2) is 2.68. The summed E-state index contributed by atoms with van der Waals surface area (Å²) in [4.78, 5) is 11.9. The van der Waals surface area contributed by atoms with Crippen molar-refractivity contribution < 1.29 is 14.6 Å². The fourth-order valence-electron chi connectivity index (χ4n) is 2.42. The molecule has 0 saturated carbocycles. The summed E-state index contributed by atoms with van der Waals surface area (Å²) in [5.41, 5.74) is 3.32. The third-order valence-electron chi connectivity index (χ3n) is 3.31. The van der Waals surface area contributed by atoms with Gasteiger partial charge in [0.1, 0.15) is 18.3 Å². The highest BCUT2D eigenvalue weighted by Gasteiger charge is 2.55. The Kier molecular flexibility index (Phi) is 1.62. The molecule has 1 N–H and O–H groups in total. The Hall–Kier alpha value is -1.19. The van der Waals surface area contributed by atoms with Crippen molar-refractivity contribution in [1.82, 2.24) is 0 Å². The van der Waals surface area contributed by atoms with Crippen LogP contribution < -0.4 is 0 Å². The largest absolute Gasteiger partial charge is 0.386 e. The molecule has 1 heterocycles. The number of aryl methyl sites for hydroxylation is 2. The van der Waals surface area contributed by atoms with Crippen LogP contribution >= 0.6 is 0 Å². The number of carbonyl (C=O) groups is 1. The first-order valence-electron chi connectivity index (χ1n) is 5.09. The second-order valence-corrected chi connectivity index (χ2v) is 4.32. The predicted molar refractivity (Wildman–Crippen MR) is 53.9 cm³/mol. The molecule has 3 nitrogen and oxygen atoms in total. The lowest BCUT2D eigenvalue weighted by Gasteiger charge is -2.21. The first kappa shape index (κ1) is 9.07. The molecule has 1 aromatic carbocycles. The van der Waals surface area contributed by atoms with E-state index in [-0.39, 0.29) is 11.9 Å². The van der Waals surface area contributed by atoms with Crippen LogP contribution in [0.25, 0.3) is 0 Å². The number of epoxide rings is 1. The van der Waals surface area contributed by atoms with Crippen LogP contribution in [-0.2, 0) is 4.74 Å². The van der Waals surface area contributed by atoms with E-state index in [2.05, 4.69) is 0 Å². The van der Waals surface area contributed by atoms with E-state index in [1.165, 1.54) is 0 Å². The molecule has 15 heavy (non-hydrogen) atoms. The van der Waals surface area contributed by atoms with Crippen molar-refractivity contribution in [2.75, 3.05) is 0 Å². The van der Waals surface area contributed by atoms with E-state index in [0.717, 1.165) is 16.7 Å². The van der Waals surface area contributed by atoms with Gasteiger partial charge in [0.25, 0.3) is 0 Å². The Morgan fingerprint density at radius 2 is 1.93 bits per heavy atom. The number of hydrogen-bond acceptors (Lipinski definition) is 3. The van der Waals surface area contributed by atoms with E-state index in [4.69, 9.17) is 4.74 Å². The normalized spacial score (nSPS) is 32.2. The van der Waals surface area contributed by atoms with Gasteiger partial charge in [-0.2, -0.15) is 0 Å². The van der Waals surface area contributed by atoms with Crippen molar-refractivity contribution in [2.45, 2.75) is 32.2 Å². The second-order valence-electron chi connectivity index (χ2n) is 4.32. The van der Waals surface area contributed by atoms with Crippen molar-refractivity contribution in [3.05, 3.63) is 34.4 Å². The van der Waals surface area contributed by atoms with E-state index in [1.54, 1.807) is 0 Å². The quantitative estimate of drug-likeness (QED) is 0.648. The number of hydrogen-bond donors (Lipinski definition) is 1. The van der Waals surface area contributed by atoms with Crippen LogP contribution in [0.5, 0.6) is 0 Å². The molecule has 1 aliphatic carbocycles. The third kappa shape index (κ3) is 1.05. The lowest BCUT2D eigenvalue weighted by molar-refractivity contribution is 0.0940. The fraction of sp³-hybridized carbons (Fsp3) is 0.417. The summed E-state index contributed by atoms with van der Waals surface area (Å²) in [6, 6.07) is 3.86. The van der Waals surface area contributed by atoms with Gasteiger partial charge in [-0.3, -0.25) is 4.79 Å². The Morgan fingerprint density at radius 3 is 2.67 bits per heavy atom. The van der Waals surface area contributed by atoms with Crippen LogP contribution in [0.1, 0.15) is 33.2 Å². The SMILES string of the molecule is Cc1ccc(C)c2c1C(=O)[C@H]1O[C@H]1[C@H]2O. The van der Waals surface area contributed by atoms with Crippen molar-refractivity contribution >= 4 is 5.78 Å². The molecule has 78 valence electrons. The molecule has 1 aliphatic heterocycles. The van der Waals surface area contributed by atoms with E-state index < -0.39 is 12.2 Å². The standard InChI is InChI=1S/C12H12O3/c1-5-3-4-6(2)8-7(5)9(13)11-12(15-11)10(8)14/h3-4,9,11-13H,1-2H3/t9-,11-,12+/m0/s1. The minimum Gasteiger partial charge on any atom is -0.386 e. The summed E-state index contributed by atoms with van der Waals surface area (Å²) in [6.45, 7) is 3.81. The molecule has 1 fully saturated rings. The zero-order chi connectivity index (χ0) is 10.7. The van der Waals surface area contributed by atoms with Crippen molar-refractivity contribution in [1.29, 1.82) is 0 Å². The number of rotatable bonds is 0. The molecule has 1 saturated heterocycles. The van der Waals surface area contributed by atoms with Crippen LogP contribution in [0, 0.1) is 13.8 Å². The number of fused-ring (bicyclic) bond motifs is 2. The molecular weight excluding hydrogens is 192 g/mol. The lowest BCUT2D eigenvalue weighted by atomic mass is 9.83. The zero-order valence-corrected chi connectivity index (χ0v) is 8.65. The van der Waals surface area contributed by atoms with Crippen molar-refractivity contribution in [3.8, 4) is 0 Å². The maximum absolute atomic E-state index is 11.9. The molecule has 0 bridgehead atoms. The van der Waals surface area contributed by atoms with E-state index in [0.29, 0.717) is 5.56 Å². The van der Waals surface area contributed by atoms with Gasteiger partial charge < -0.3 is 9.84 Å². The number of carbonyl (C=O) groups excluding carboxylic acids is 1. The summed E-state index contributed by atoms with van der Waals surface area (Å²) in [6.07, 6.45) is -1.33. The van der Waals surface area contributed by atoms with Gasteiger partial charge >= 0.3 is 0 Å². The van der Waals surface area contributed by atoms with Crippen LogP contribution in [0.15, 0.2) is 12.1 Å². The van der Waals surface area contributed by atoms with Gasteiger partial charge in [-0.1, -0.05) is 12.1 Å². The minimum absolute atomic E-state index is 0.0292. The van der Waals surface area contributed by atoms with Crippen molar-refractivity contribution in [2.24, 2.45) is 0 Å². The molecule has 0 spiro atoms. The van der Waals surface area contributed by atoms with Gasteiger partial charge in [0.2, 0.25) is 0 Å². The van der Waals surface area contributed by atoms with Crippen LogP contribution in [0.3, 0.4) is 0 Å². The molecule has 2 aliphatic rings. The zero-order valence-electron chi connectivity index (χ0n) is 8.65. The topological polar surface area (TPSA) is 49.8 Å². The van der Waals surface area contributed by atoms with Crippen LogP contribution in [0.2, 0.25) is 0 Å². The minimum atomic E-state index is -0.636. The summed E-state index contributed by atoms with van der Waals surface area (Å²) >= 11 is 0. The average Bonchev–Trinajstić information content (AvgIpc) is 2.98. The van der Waals surface area contributed by atoms with Gasteiger partial charge in [-0.05, 0) is 30.5 Å². The van der Waals surface area contributed by atoms with Gasteiger partial charge in [-0.15, -0.1) is 0 Å². The molecule has 0 amide bonds. The summed E-state index contributed by atoms with van der Waals surface area (Å²) in [7, 11) is 0. The van der Waals surface area contributed by atoms with Crippen LogP contribution in [0.4, 0.5) is 0 Å². The Balaban J connectivity index is 2.29. The highest BCUT2D eigenvalue weighted by atomic mass is 16.6. The molecule has 3 rings (SSSR count). The van der Waals surface area contributed by atoms with E-state index in [9.17, 15) is 9.90 Å². The number of ether oxygens (including phenoxy) is 1. The number of aliphatic hydroxyl groups excluding tert-OH is 1. The van der Waals surface area contributed by atoms with Crippen molar-refractivity contribution in [3.63, 3.8) is 0 Å². The number of ketones is 1. The van der Waals surface area contributed by atoms with Gasteiger partial charge in [-0.25, -0.2) is 0 Å². The molecule has 0 aromatic heterocycles. The number of aliphatic hydroxyl groups is 1. The van der Waals surface area contributed by atoms with Gasteiger partial charge in [0.05, 0.1) is 0 Å². The molecular formula is C12H12O3. The molecule has 0 radical (unpaired) electrons. The first-order valence-corrected chi connectivity index (χ1v) is 5.09. The Bertz CT molecular complexity index is 464. The van der Waals surface area contributed by atoms with E-state index in [1.807, 2.05) is 26.0 Å². The maximum atomic E-state index is 11.9. The smallest absolute Gasteiger partial charge is 0.195 e. The lowest BCUT2D eigenvalue weighted by Crippen LogP contribution is -2.26. The molecule has 1 aromatic rings. The Labute approximate surface area is 87.7 Å². The number of Topliss-reactive ketones (excluding diaryl/α,β-unsaturated/α-hetero) is 1. The van der Waals surface area contributed by atoms with E-state index >= 15 is 0 Å². The van der Waals surface area contributed by atoms with Crippen LogP contribution in [-0.4, -0.2) is 23.1 Å². The molecule has 3 heteroatoms. The monoisotopic (exact) mass is 204 g/mol. The average molecular weight is 204 g/mol. The molecule has 0 unspecified atom stereocenters. The third-order valence-corrected chi connectivity index (χ3v) is 3.31. The fourth-order valence-corrected chi connectivity index (χ4v) is 2.42. The highest BCUT2D eigenvalue weighted by molar-refractivity contribution is 6.05. The predicted octanol–water partition coefficient (Wildman–Crippen LogP) is 1.30. The van der Waals surface area contributed by atoms with Gasteiger partial charge in [0, 0.05) is 5.56 Å². The summed E-state index contributed by atoms with van der Waals surface area (Å²) < 4.78 is 5.20. The first-order chi connectivity index (χ1) is 7.11. The summed E-state index contributed by atoms with van der Waals surface area (Å²) in [5.74, 6) is 0.0292. The Morgan fingerprint density at radius 1 is 1.27 bits per heavy atom. The van der Waals surface area contributed by atoms with Gasteiger partial charge in [0.15, 0.2) is 5.78 Å². The highest BCUT2D eigenvalue weighted by Crippen LogP contribution is 2.44. The maximum Gasteiger partial charge on any atom is 0.195 e.